The lowest BCUT2D eigenvalue weighted by Crippen LogP contribution is -2.62. The molecule has 8 fully saturated rings. The average molecular weight is 757 g/mol. The van der Waals surface area contributed by atoms with Gasteiger partial charge in [0.05, 0.1) is 0 Å². The minimum absolute atomic E-state index is 0.0168. The van der Waals surface area contributed by atoms with Crippen molar-refractivity contribution in [2.75, 3.05) is 9.80 Å². The molecule has 8 aliphatic carbocycles. The number of rotatable bonds is 4. The van der Waals surface area contributed by atoms with Crippen LogP contribution in [-0.4, -0.2) is 6.71 Å². The van der Waals surface area contributed by atoms with Crippen molar-refractivity contribution in [3.8, 4) is 0 Å². The number of hydrogen-bond acceptors (Lipinski definition) is 2. The van der Waals surface area contributed by atoms with Crippen molar-refractivity contribution in [2.24, 2.45) is 40.9 Å². The lowest BCUT2D eigenvalue weighted by atomic mass is 9.33. The Hall–Kier alpha value is -4.24. The van der Waals surface area contributed by atoms with Crippen molar-refractivity contribution in [3.05, 3.63) is 126 Å². The molecular weight excluding hydrogens is 699 g/mol. The highest BCUT2D eigenvalue weighted by atomic mass is 15.2. The highest BCUT2D eigenvalue weighted by Crippen LogP contribution is 2.79. The molecule has 5 aromatic rings. The maximum Gasteiger partial charge on any atom is 0.252 e. The van der Waals surface area contributed by atoms with Gasteiger partial charge in [-0.3, -0.25) is 0 Å². The zero-order chi connectivity index (χ0) is 38.3. The Morgan fingerprint density at radius 1 is 0.500 bits per heavy atom. The standard InChI is InChI=1S/C55H57BN2/c1-52(2,3)40-25-49-51-50(26-40)58(44-12-8-5-9-13-44)48-17-15-39(54-30-37-21-41-22-42(32-54)55(41,31-37)33-54)24-46(48)56(51)45-23-38(14-16-47(45)57(49)43-10-6-4-7-11-43)53-27-34-18-35(28-53)20-36(19-34)29-53/h4-17,23-26,34-37,41-42H,18-22,27-33H2,1-3H3. The third-order valence-corrected chi connectivity index (χ3v) is 18.7. The molecule has 0 N–H and O–H groups in total. The molecule has 290 valence electrons. The summed E-state index contributed by atoms with van der Waals surface area (Å²) >= 11 is 0. The monoisotopic (exact) mass is 756 g/mol. The molecule has 58 heavy (non-hydrogen) atoms. The van der Waals surface area contributed by atoms with E-state index in [-0.39, 0.29) is 12.1 Å². The van der Waals surface area contributed by atoms with Gasteiger partial charge >= 0.3 is 0 Å². The van der Waals surface area contributed by atoms with E-state index in [9.17, 15) is 0 Å². The zero-order valence-corrected chi connectivity index (χ0v) is 34.8. The van der Waals surface area contributed by atoms with Gasteiger partial charge in [-0.2, -0.15) is 0 Å². The summed E-state index contributed by atoms with van der Waals surface area (Å²) in [5.74, 6) is 5.69. The van der Waals surface area contributed by atoms with E-state index in [1.165, 1.54) is 133 Å². The first-order valence-corrected chi connectivity index (χ1v) is 23.3. The van der Waals surface area contributed by atoms with Crippen LogP contribution in [0.2, 0.25) is 0 Å². The fourth-order valence-electron chi connectivity index (χ4n) is 17.0. The molecule has 2 aliphatic heterocycles. The Morgan fingerprint density at radius 2 is 1.03 bits per heavy atom. The van der Waals surface area contributed by atoms with Crippen molar-refractivity contribution >= 4 is 57.2 Å². The summed E-state index contributed by atoms with van der Waals surface area (Å²) in [5, 5.41) is 0. The maximum absolute atomic E-state index is 2.81. The van der Waals surface area contributed by atoms with Crippen LogP contribution in [0.15, 0.2) is 109 Å². The van der Waals surface area contributed by atoms with Gasteiger partial charge in [-0.1, -0.05) is 81.4 Å². The number of hydrogen-bond donors (Lipinski definition) is 0. The molecule has 5 unspecified atom stereocenters. The Morgan fingerprint density at radius 3 is 1.59 bits per heavy atom. The van der Waals surface area contributed by atoms with E-state index in [4.69, 9.17) is 0 Å². The van der Waals surface area contributed by atoms with Crippen LogP contribution < -0.4 is 26.2 Å². The van der Waals surface area contributed by atoms with Crippen molar-refractivity contribution in [1.82, 2.24) is 0 Å². The van der Waals surface area contributed by atoms with Gasteiger partial charge in [0.2, 0.25) is 0 Å². The van der Waals surface area contributed by atoms with Crippen LogP contribution >= 0.6 is 0 Å². The number of fused-ring (bicyclic) bond motifs is 6. The first-order valence-electron chi connectivity index (χ1n) is 23.3. The van der Waals surface area contributed by atoms with E-state index in [1.807, 2.05) is 0 Å². The van der Waals surface area contributed by atoms with Gasteiger partial charge in [-0.05, 0) is 216 Å². The number of nitrogens with zero attached hydrogens (tertiary/aromatic N) is 2. The van der Waals surface area contributed by atoms with Crippen LogP contribution in [0.4, 0.5) is 34.1 Å². The summed E-state index contributed by atoms with van der Waals surface area (Å²) in [5.41, 5.74) is 18.6. The van der Waals surface area contributed by atoms with E-state index in [0.29, 0.717) is 16.2 Å². The van der Waals surface area contributed by atoms with Gasteiger partial charge in [0, 0.05) is 34.1 Å². The van der Waals surface area contributed by atoms with Gasteiger partial charge in [-0.25, -0.2) is 0 Å². The molecule has 5 atom stereocenters. The van der Waals surface area contributed by atoms with Crippen LogP contribution in [0.25, 0.3) is 0 Å². The second-order valence-electron chi connectivity index (χ2n) is 22.7. The normalized spacial score (nSPS) is 35.1. The SMILES string of the molecule is CC(C)(C)c1cc2c3c(c1)N(c1ccccc1)c1ccc(C45CC6CC7CC(C4)C7(C6)C5)cc1B3c1cc(C34CC5CC(CC(C5)C3)C4)ccc1N2c1ccccc1. The van der Waals surface area contributed by atoms with Crippen molar-refractivity contribution in [2.45, 2.75) is 114 Å². The van der Waals surface area contributed by atoms with Gasteiger partial charge in [0.25, 0.3) is 6.71 Å². The van der Waals surface area contributed by atoms with Gasteiger partial charge in [0.1, 0.15) is 0 Å². The molecule has 1 spiro atoms. The molecule has 8 saturated carbocycles. The molecule has 0 aromatic heterocycles. The quantitative estimate of drug-likeness (QED) is 0.165. The third-order valence-electron chi connectivity index (χ3n) is 18.7. The highest BCUT2D eigenvalue weighted by molar-refractivity contribution is 7.00. The fourth-order valence-corrected chi connectivity index (χ4v) is 17.0. The first kappa shape index (κ1) is 33.6. The summed E-state index contributed by atoms with van der Waals surface area (Å²) in [7, 11) is 0. The van der Waals surface area contributed by atoms with Gasteiger partial charge in [0.15, 0.2) is 0 Å². The van der Waals surface area contributed by atoms with Crippen molar-refractivity contribution in [1.29, 1.82) is 0 Å². The Balaban J connectivity index is 1.05. The number of anilines is 6. The topological polar surface area (TPSA) is 6.48 Å². The predicted octanol–water partition coefficient (Wildman–Crippen LogP) is 12.0. The third kappa shape index (κ3) is 4.32. The molecule has 0 amide bonds. The summed E-state index contributed by atoms with van der Waals surface area (Å²) < 4.78 is 0. The molecule has 2 nitrogen and oxygen atoms in total. The van der Waals surface area contributed by atoms with Crippen LogP contribution in [0.3, 0.4) is 0 Å². The fraction of sp³-hybridized carbons (Fsp3) is 0.455. The second-order valence-corrected chi connectivity index (χ2v) is 22.7. The Kier molecular flexibility index (Phi) is 6.44. The largest absolute Gasteiger partial charge is 0.311 e. The lowest BCUT2D eigenvalue weighted by molar-refractivity contribution is -0.00515. The second kappa shape index (κ2) is 11.1. The van der Waals surface area contributed by atoms with Crippen molar-refractivity contribution < 1.29 is 0 Å². The van der Waals surface area contributed by atoms with Crippen LogP contribution in [0.1, 0.15) is 115 Å². The van der Waals surface area contributed by atoms with Gasteiger partial charge in [-0.15, -0.1) is 0 Å². The maximum atomic E-state index is 2.81. The van der Waals surface area contributed by atoms with Crippen LogP contribution in [0, 0.1) is 40.9 Å². The van der Waals surface area contributed by atoms with E-state index in [2.05, 4.69) is 140 Å². The van der Waals surface area contributed by atoms with Crippen molar-refractivity contribution in [3.63, 3.8) is 0 Å². The van der Waals surface area contributed by atoms with Crippen LogP contribution in [-0.2, 0) is 16.2 Å². The zero-order valence-electron chi connectivity index (χ0n) is 34.8. The molecule has 15 rings (SSSR count). The van der Waals surface area contributed by atoms with E-state index in [0.717, 1.165) is 35.5 Å². The Bertz CT molecular complexity index is 2490. The van der Waals surface area contributed by atoms with E-state index in [1.54, 1.807) is 11.1 Å². The minimum Gasteiger partial charge on any atom is -0.311 e. The predicted molar refractivity (Wildman–Crippen MR) is 241 cm³/mol. The minimum atomic E-state index is -0.0168. The number of benzene rings is 5. The molecule has 3 heteroatoms. The number of para-hydroxylation sites is 2. The lowest BCUT2D eigenvalue weighted by Gasteiger charge is -2.57. The summed E-state index contributed by atoms with van der Waals surface area (Å²) in [6, 6.07) is 43.8. The summed E-state index contributed by atoms with van der Waals surface area (Å²) in [6.07, 6.45) is 17.5. The molecule has 0 radical (unpaired) electrons. The molecular formula is C55H57BN2. The highest BCUT2D eigenvalue weighted by Gasteiger charge is 2.71. The summed E-state index contributed by atoms with van der Waals surface area (Å²) in [6.45, 7) is 7.36. The molecule has 2 heterocycles. The van der Waals surface area contributed by atoms with E-state index < -0.39 is 0 Å². The van der Waals surface area contributed by atoms with Gasteiger partial charge < -0.3 is 9.80 Å². The first-order chi connectivity index (χ1) is 28.2. The smallest absolute Gasteiger partial charge is 0.252 e. The summed E-state index contributed by atoms with van der Waals surface area (Å²) in [4.78, 5) is 5.32. The Labute approximate surface area is 346 Å². The molecule has 0 saturated heterocycles. The molecule has 10 aliphatic rings. The molecule has 7 bridgehead atoms. The van der Waals surface area contributed by atoms with E-state index >= 15 is 0 Å². The molecule has 5 aromatic carbocycles. The average Bonchev–Trinajstić information content (AvgIpc) is 3.54. The van der Waals surface area contributed by atoms with Crippen LogP contribution in [0.5, 0.6) is 0 Å².